The summed E-state index contributed by atoms with van der Waals surface area (Å²) in [5.74, 6) is -0.987. The molecule has 2 rings (SSSR count). The van der Waals surface area contributed by atoms with Crippen LogP contribution in [0, 0.1) is 17.0 Å². The van der Waals surface area contributed by atoms with Crippen molar-refractivity contribution < 1.29 is 14.5 Å². The van der Waals surface area contributed by atoms with Crippen LogP contribution < -0.4 is 16.2 Å². The molecule has 3 N–H and O–H groups in total. The minimum Gasteiger partial charge on any atom is -0.322 e. The van der Waals surface area contributed by atoms with Crippen LogP contribution in [0.2, 0.25) is 10.0 Å². The molecule has 0 fully saturated rings. The van der Waals surface area contributed by atoms with E-state index in [1.807, 2.05) is 6.92 Å². The smallest absolute Gasteiger partial charge is 0.287 e. The van der Waals surface area contributed by atoms with E-state index in [2.05, 4.69) is 16.2 Å². The van der Waals surface area contributed by atoms with Gasteiger partial charge in [0.2, 0.25) is 5.91 Å². The summed E-state index contributed by atoms with van der Waals surface area (Å²) in [7, 11) is 0. The van der Waals surface area contributed by atoms with Gasteiger partial charge in [-0.1, -0.05) is 29.3 Å². The van der Waals surface area contributed by atoms with Crippen molar-refractivity contribution in [2.75, 3.05) is 5.32 Å². The van der Waals surface area contributed by atoms with Crippen LogP contribution in [-0.2, 0) is 4.79 Å². The molecule has 10 heteroatoms. The number of nitrogens with one attached hydrogen (secondary N) is 3. The van der Waals surface area contributed by atoms with Gasteiger partial charge in [-0.25, -0.2) is 0 Å². The number of allylic oxidation sites excluding steroid dienone is 1. The first-order chi connectivity index (χ1) is 13.2. The Balaban J connectivity index is 1.97. The SMILES string of the molecule is CC(=CC(=O)Nc1cc(Cl)ccc1C)NNC(=O)c1ccc([N+](=O)[O-])c(Cl)c1. The Kier molecular flexibility index (Phi) is 6.97. The summed E-state index contributed by atoms with van der Waals surface area (Å²) in [6, 6.07) is 8.72. The molecular weight excluding hydrogens is 407 g/mol. The van der Waals surface area contributed by atoms with E-state index >= 15 is 0 Å². The standard InChI is InChI=1S/C18H16Cl2N4O4/c1-10-3-5-13(19)9-15(10)21-17(25)7-11(2)22-23-18(26)12-4-6-16(24(27)28)14(20)8-12/h3-9,22H,1-2H3,(H,21,25)(H,23,26). The van der Waals surface area contributed by atoms with Crippen LogP contribution in [0.15, 0.2) is 48.2 Å². The lowest BCUT2D eigenvalue weighted by molar-refractivity contribution is -0.384. The molecule has 0 aliphatic heterocycles. The summed E-state index contributed by atoms with van der Waals surface area (Å²) in [6.45, 7) is 3.41. The zero-order valence-electron chi connectivity index (χ0n) is 14.9. The molecule has 0 atom stereocenters. The lowest BCUT2D eigenvalue weighted by Crippen LogP contribution is -2.36. The third kappa shape index (κ3) is 5.70. The van der Waals surface area contributed by atoms with E-state index in [1.54, 1.807) is 25.1 Å². The van der Waals surface area contributed by atoms with Gasteiger partial charge in [0.1, 0.15) is 5.02 Å². The predicted molar refractivity (Wildman–Crippen MR) is 107 cm³/mol. The van der Waals surface area contributed by atoms with E-state index in [0.29, 0.717) is 16.4 Å². The minimum atomic E-state index is -0.643. The zero-order valence-corrected chi connectivity index (χ0v) is 16.4. The second-order valence-corrected chi connectivity index (χ2v) is 6.62. The lowest BCUT2D eigenvalue weighted by atomic mass is 10.2. The molecule has 28 heavy (non-hydrogen) atoms. The van der Waals surface area contributed by atoms with Crippen molar-refractivity contribution in [3.63, 3.8) is 0 Å². The van der Waals surface area contributed by atoms with Crippen LogP contribution in [0.25, 0.3) is 0 Å². The largest absolute Gasteiger partial charge is 0.322 e. The molecule has 8 nitrogen and oxygen atoms in total. The first-order valence-electron chi connectivity index (χ1n) is 7.93. The maximum absolute atomic E-state index is 12.1. The third-order valence-corrected chi connectivity index (χ3v) is 4.12. The Bertz CT molecular complexity index is 976. The predicted octanol–water partition coefficient (Wildman–Crippen LogP) is 3.99. The van der Waals surface area contributed by atoms with Crippen LogP contribution in [0.5, 0.6) is 0 Å². The molecule has 2 aromatic carbocycles. The number of nitro groups is 1. The van der Waals surface area contributed by atoms with E-state index in [4.69, 9.17) is 23.2 Å². The van der Waals surface area contributed by atoms with E-state index in [-0.39, 0.29) is 16.3 Å². The van der Waals surface area contributed by atoms with Gasteiger partial charge in [0.25, 0.3) is 11.6 Å². The average molecular weight is 423 g/mol. The Morgan fingerprint density at radius 2 is 1.82 bits per heavy atom. The van der Waals surface area contributed by atoms with Crippen LogP contribution in [-0.4, -0.2) is 16.7 Å². The number of anilines is 1. The molecule has 0 saturated carbocycles. The summed E-state index contributed by atoms with van der Waals surface area (Å²) in [6.07, 6.45) is 1.25. The number of amides is 2. The van der Waals surface area contributed by atoms with Crippen molar-refractivity contribution in [3.8, 4) is 0 Å². The van der Waals surface area contributed by atoms with E-state index in [1.165, 1.54) is 18.2 Å². The summed E-state index contributed by atoms with van der Waals surface area (Å²) < 4.78 is 0. The first kappa shape index (κ1) is 21.2. The molecular formula is C18H16Cl2N4O4. The monoisotopic (exact) mass is 422 g/mol. The number of nitro benzene ring substituents is 1. The van der Waals surface area contributed by atoms with Crippen molar-refractivity contribution >= 4 is 46.4 Å². The Hall–Kier alpha value is -3.10. The number of hydrogen-bond donors (Lipinski definition) is 3. The number of carbonyl (C=O) groups is 2. The van der Waals surface area contributed by atoms with Gasteiger partial charge >= 0.3 is 0 Å². The topological polar surface area (TPSA) is 113 Å². The number of halogens is 2. The van der Waals surface area contributed by atoms with Crippen molar-refractivity contribution in [2.45, 2.75) is 13.8 Å². The Labute approximate surface area is 170 Å². The zero-order chi connectivity index (χ0) is 20.8. The normalized spacial score (nSPS) is 10.9. The van der Waals surface area contributed by atoms with Crippen molar-refractivity contribution in [3.05, 3.63) is 79.5 Å². The highest BCUT2D eigenvalue weighted by molar-refractivity contribution is 6.33. The summed E-state index contributed by atoms with van der Waals surface area (Å²) >= 11 is 11.7. The molecule has 0 aromatic heterocycles. The van der Waals surface area contributed by atoms with E-state index < -0.39 is 16.7 Å². The van der Waals surface area contributed by atoms with Crippen LogP contribution in [0.1, 0.15) is 22.8 Å². The summed E-state index contributed by atoms with van der Waals surface area (Å²) in [5, 5.41) is 13.8. The molecule has 0 aliphatic rings. The maximum Gasteiger partial charge on any atom is 0.287 e. The van der Waals surface area contributed by atoms with Crippen molar-refractivity contribution in [1.82, 2.24) is 10.9 Å². The van der Waals surface area contributed by atoms with Crippen LogP contribution in [0.4, 0.5) is 11.4 Å². The second-order valence-electron chi connectivity index (χ2n) is 5.78. The number of rotatable bonds is 6. The van der Waals surface area contributed by atoms with Gasteiger partial charge < -0.3 is 10.7 Å². The van der Waals surface area contributed by atoms with Crippen molar-refractivity contribution in [2.24, 2.45) is 0 Å². The molecule has 0 saturated heterocycles. The Morgan fingerprint density at radius 1 is 1.11 bits per heavy atom. The third-order valence-electron chi connectivity index (χ3n) is 3.58. The average Bonchev–Trinajstić information content (AvgIpc) is 2.62. The maximum atomic E-state index is 12.1. The van der Waals surface area contributed by atoms with E-state index in [9.17, 15) is 19.7 Å². The number of hydrogen-bond acceptors (Lipinski definition) is 5. The number of carbonyl (C=O) groups excluding carboxylic acids is 2. The van der Waals surface area contributed by atoms with Gasteiger partial charge in [0, 0.05) is 34.1 Å². The van der Waals surface area contributed by atoms with Crippen molar-refractivity contribution in [1.29, 1.82) is 0 Å². The highest BCUT2D eigenvalue weighted by Crippen LogP contribution is 2.25. The molecule has 2 aromatic rings. The van der Waals surface area contributed by atoms with Gasteiger partial charge in [0.15, 0.2) is 0 Å². The Morgan fingerprint density at radius 3 is 2.46 bits per heavy atom. The number of aryl methyl sites for hydroxylation is 1. The van der Waals surface area contributed by atoms with Crippen LogP contribution in [0.3, 0.4) is 0 Å². The fourth-order valence-electron chi connectivity index (χ4n) is 2.15. The van der Waals surface area contributed by atoms with Gasteiger partial charge in [-0.05, 0) is 43.7 Å². The van der Waals surface area contributed by atoms with Gasteiger partial charge in [-0.15, -0.1) is 0 Å². The number of hydrazine groups is 1. The fraction of sp³-hybridized carbons (Fsp3) is 0.111. The summed E-state index contributed by atoms with van der Waals surface area (Å²) in [4.78, 5) is 34.3. The van der Waals surface area contributed by atoms with Gasteiger partial charge in [-0.3, -0.25) is 25.1 Å². The van der Waals surface area contributed by atoms with Gasteiger partial charge in [0.05, 0.1) is 4.92 Å². The lowest BCUT2D eigenvalue weighted by Gasteiger charge is -2.10. The molecule has 2 amide bonds. The quantitative estimate of drug-likeness (QED) is 0.370. The number of nitrogens with zero attached hydrogens (tertiary/aromatic N) is 1. The summed E-state index contributed by atoms with van der Waals surface area (Å²) in [5.41, 5.74) is 6.56. The molecule has 0 spiro atoms. The fourth-order valence-corrected chi connectivity index (χ4v) is 2.58. The molecule has 0 radical (unpaired) electrons. The second kappa shape index (κ2) is 9.20. The highest BCUT2D eigenvalue weighted by Gasteiger charge is 2.15. The molecule has 146 valence electrons. The molecule has 0 heterocycles. The molecule has 0 aliphatic carbocycles. The first-order valence-corrected chi connectivity index (χ1v) is 8.68. The van der Waals surface area contributed by atoms with E-state index in [0.717, 1.165) is 11.6 Å². The molecule has 0 unspecified atom stereocenters. The molecule has 0 bridgehead atoms. The minimum absolute atomic E-state index is 0.120. The van der Waals surface area contributed by atoms with Crippen LogP contribution >= 0.6 is 23.2 Å². The highest BCUT2D eigenvalue weighted by atomic mass is 35.5. The van der Waals surface area contributed by atoms with Gasteiger partial charge in [-0.2, -0.15) is 0 Å². The number of benzene rings is 2.